The Labute approximate surface area is 124 Å². The molecular formula is C14H13BrN2O3. The standard InChI is InChI=1S/C14H13BrN2O3/c1-9-6-7-10(2)16-14(9)20-8-11-12(15)4-3-5-13(11)17(18)19/h3-7H,8H2,1-2H3. The number of hydrogen-bond donors (Lipinski definition) is 0. The Hall–Kier alpha value is -1.95. The summed E-state index contributed by atoms with van der Waals surface area (Å²) in [5.41, 5.74) is 2.27. The minimum atomic E-state index is -0.417. The Bertz CT molecular complexity index is 659. The van der Waals surface area contributed by atoms with Gasteiger partial charge in [0, 0.05) is 21.8 Å². The highest BCUT2D eigenvalue weighted by Crippen LogP contribution is 2.28. The SMILES string of the molecule is Cc1ccc(C)c(OCc2c(Br)cccc2[N+](=O)[O-])n1. The van der Waals surface area contributed by atoms with E-state index in [1.807, 2.05) is 26.0 Å². The number of benzene rings is 1. The van der Waals surface area contributed by atoms with E-state index in [4.69, 9.17) is 4.74 Å². The third-order valence-electron chi connectivity index (χ3n) is 2.83. The molecule has 0 saturated heterocycles. The van der Waals surface area contributed by atoms with Crippen molar-refractivity contribution < 1.29 is 9.66 Å². The summed E-state index contributed by atoms with van der Waals surface area (Å²) in [6.45, 7) is 3.85. The minimum absolute atomic E-state index is 0.0321. The number of hydrogen-bond acceptors (Lipinski definition) is 4. The van der Waals surface area contributed by atoms with Crippen molar-refractivity contribution in [1.82, 2.24) is 4.98 Å². The van der Waals surface area contributed by atoms with E-state index in [1.54, 1.807) is 12.1 Å². The zero-order valence-electron chi connectivity index (χ0n) is 11.1. The lowest BCUT2D eigenvalue weighted by Gasteiger charge is -2.10. The number of aryl methyl sites for hydroxylation is 2. The minimum Gasteiger partial charge on any atom is -0.472 e. The van der Waals surface area contributed by atoms with Crippen LogP contribution in [0, 0.1) is 24.0 Å². The molecule has 0 amide bonds. The van der Waals surface area contributed by atoms with Crippen LogP contribution < -0.4 is 4.74 Å². The lowest BCUT2D eigenvalue weighted by molar-refractivity contribution is -0.385. The fourth-order valence-corrected chi connectivity index (χ4v) is 2.22. The molecule has 0 unspecified atom stereocenters. The number of rotatable bonds is 4. The monoisotopic (exact) mass is 336 g/mol. The van der Waals surface area contributed by atoms with E-state index < -0.39 is 4.92 Å². The van der Waals surface area contributed by atoms with Crippen LogP contribution in [0.25, 0.3) is 0 Å². The Balaban J connectivity index is 2.27. The summed E-state index contributed by atoms with van der Waals surface area (Å²) in [4.78, 5) is 14.9. The number of nitro groups is 1. The Morgan fingerprint density at radius 2 is 2.05 bits per heavy atom. The van der Waals surface area contributed by atoms with Crippen molar-refractivity contribution >= 4 is 21.6 Å². The van der Waals surface area contributed by atoms with Crippen LogP contribution in [-0.2, 0) is 6.61 Å². The van der Waals surface area contributed by atoms with Crippen molar-refractivity contribution in [2.45, 2.75) is 20.5 Å². The van der Waals surface area contributed by atoms with Crippen LogP contribution in [0.1, 0.15) is 16.8 Å². The first-order valence-electron chi connectivity index (χ1n) is 5.98. The number of aromatic nitrogens is 1. The Morgan fingerprint density at radius 3 is 2.75 bits per heavy atom. The van der Waals surface area contributed by atoms with Gasteiger partial charge in [0.25, 0.3) is 5.69 Å². The molecule has 0 aliphatic rings. The molecule has 2 aromatic rings. The lowest BCUT2D eigenvalue weighted by Crippen LogP contribution is -2.04. The first-order valence-corrected chi connectivity index (χ1v) is 6.77. The summed E-state index contributed by atoms with van der Waals surface area (Å²) in [7, 11) is 0. The molecule has 0 atom stereocenters. The summed E-state index contributed by atoms with van der Waals surface area (Å²) in [5, 5.41) is 11.0. The number of halogens is 1. The molecule has 0 N–H and O–H groups in total. The maximum Gasteiger partial charge on any atom is 0.277 e. The average molecular weight is 337 g/mol. The molecule has 2 rings (SSSR count). The van der Waals surface area contributed by atoms with Gasteiger partial charge in [-0.1, -0.05) is 28.1 Å². The summed E-state index contributed by atoms with van der Waals surface area (Å²) in [5.74, 6) is 0.495. The van der Waals surface area contributed by atoms with Crippen LogP contribution in [0.15, 0.2) is 34.8 Å². The molecule has 0 radical (unpaired) electrons. The maximum absolute atomic E-state index is 11.0. The number of nitro benzene ring substituents is 1. The van der Waals surface area contributed by atoms with Gasteiger partial charge < -0.3 is 4.74 Å². The van der Waals surface area contributed by atoms with Crippen molar-refractivity contribution in [3.63, 3.8) is 0 Å². The van der Waals surface area contributed by atoms with Crippen molar-refractivity contribution in [2.24, 2.45) is 0 Å². The van der Waals surface area contributed by atoms with Crippen LogP contribution in [0.2, 0.25) is 0 Å². The third kappa shape index (κ3) is 3.14. The second-order valence-corrected chi connectivity index (χ2v) is 5.21. The molecule has 0 spiro atoms. The molecule has 0 aliphatic carbocycles. The molecule has 1 aromatic carbocycles. The molecule has 0 aliphatic heterocycles. The van der Waals surface area contributed by atoms with Gasteiger partial charge in [0.1, 0.15) is 6.61 Å². The van der Waals surface area contributed by atoms with Gasteiger partial charge in [0.2, 0.25) is 5.88 Å². The van der Waals surface area contributed by atoms with Gasteiger partial charge in [-0.25, -0.2) is 4.98 Å². The largest absolute Gasteiger partial charge is 0.472 e. The van der Waals surface area contributed by atoms with E-state index >= 15 is 0 Å². The smallest absolute Gasteiger partial charge is 0.277 e. The van der Waals surface area contributed by atoms with Crippen LogP contribution >= 0.6 is 15.9 Å². The van der Waals surface area contributed by atoms with Crippen molar-refractivity contribution in [3.05, 3.63) is 61.7 Å². The first kappa shape index (κ1) is 14.5. The molecule has 5 nitrogen and oxygen atoms in total. The zero-order valence-corrected chi connectivity index (χ0v) is 12.7. The number of pyridine rings is 1. The van der Waals surface area contributed by atoms with Gasteiger partial charge in [-0.05, 0) is 26.0 Å². The first-order chi connectivity index (χ1) is 9.49. The van der Waals surface area contributed by atoms with Gasteiger partial charge in [0.15, 0.2) is 0 Å². The lowest BCUT2D eigenvalue weighted by atomic mass is 10.2. The van der Waals surface area contributed by atoms with Gasteiger partial charge in [-0.2, -0.15) is 0 Å². The normalized spacial score (nSPS) is 10.3. The fourth-order valence-electron chi connectivity index (χ4n) is 1.75. The average Bonchev–Trinajstić information content (AvgIpc) is 2.40. The van der Waals surface area contributed by atoms with E-state index in [9.17, 15) is 10.1 Å². The molecule has 6 heteroatoms. The third-order valence-corrected chi connectivity index (χ3v) is 3.58. The molecule has 0 bridgehead atoms. The molecule has 0 saturated carbocycles. The highest BCUT2D eigenvalue weighted by atomic mass is 79.9. The highest BCUT2D eigenvalue weighted by molar-refractivity contribution is 9.10. The second-order valence-electron chi connectivity index (χ2n) is 4.36. The number of ether oxygens (including phenoxy) is 1. The van der Waals surface area contributed by atoms with Crippen LogP contribution in [-0.4, -0.2) is 9.91 Å². The zero-order chi connectivity index (χ0) is 14.7. The Morgan fingerprint density at radius 1 is 1.30 bits per heavy atom. The molecular weight excluding hydrogens is 324 g/mol. The Kier molecular flexibility index (Phi) is 4.34. The van der Waals surface area contributed by atoms with Crippen molar-refractivity contribution in [1.29, 1.82) is 0 Å². The van der Waals surface area contributed by atoms with Crippen LogP contribution in [0.4, 0.5) is 5.69 Å². The van der Waals surface area contributed by atoms with Crippen molar-refractivity contribution in [2.75, 3.05) is 0 Å². The van der Waals surface area contributed by atoms with Gasteiger partial charge >= 0.3 is 0 Å². The number of nitrogens with zero attached hydrogens (tertiary/aromatic N) is 2. The maximum atomic E-state index is 11.0. The highest BCUT2D eigenvalue weighted by Gasteiger charge is 2.17. The van der Waals surface area contributed by atoms with Gasteiger partial charge in [-0.3, -0.25) is 10.1 Å². The molecule has 20 heavy (non-hydrogen) atoms. The van der Waals surface area contributed by atoms with Gasteiger partial charge in [0.05, 0.1) is 10.5 Å². The topological polar surface area (TPSA) is 65.3 Å². The second kappa shape index (κ2) is 6.00. The van der Waals surface area contributed by atoms with Crippen molar-refractivity contribution in [3.8, 4) is 5.88 Å². The molecule has 1 aromatic heterocycles. The van der Waals surface area contributed by atoms with E-state index in [2.05, 4.69) is 20.9 Å². The summed E-state index contributed by atoms with van der Waals surface area (Å²) in [6, 6.07) is 8.64. The predicted octanol–water partition coefficient (Wildman–Crippen LogP) is 3.95. The van der Waals surface area contributed by atoms with Gasteiger partial charge in [-0.15, -0.1) is 0 Å². The van der Waals surface area contributed by atoms with Crippen LogP contribution in [0.5, 0.6) is 5.88 Å². The van der Waals surface area contributed by atoms with E-state index in [-0.39, 0.29) is 12.3 Å². The summed E-state index contributed by atoms with van der Waals surface area (Å²) >= 11 is 3.32. The summed E-state index contributed by atoms with van der Waals surface area (Å²) in [6.07, 6.45) is 0. The summed E-state index contributed by atoms with van der Waals surface area (Å²) < 4.78 is 6.28. The van der Waals surface area contributed by atoms with E-state index in [1.165, 1.54) is 6.07 Å². The molecule has 1 heterocycles. The van der Waals surface area contributed by atoms with E-state index in [0.717, 1.165) is 11.3 Å². The fraction of sp³-hybridized carbons (Fsp3) is 0.214. The predicted molar refractivity (Wildman–Crippen MR) is 78.8 cm³/mol. The molecule has 104 valence electrons. The quantitative estimate of drug-likeness (QED) is 0.626. The van der Waals surface area contributed by atoms with E-state index in [0.29, 0.717) is 15.9 Å². The van der Waals surface area contributed by atoms with Crippen LogP contribution in [0.3, 0.4) is 0 Å². The molecule has 0 fully saturated rings.